The van der Waals surface area contributed by atoms with Crippen LogP contribution in [0.3, 0.4) is 0 Å². The van der Waals surface area contributed by atoms with E-state index in [9.17, 15) is 14.3 Å². The van der Waals surface area contributed by atoms with Crippen LogP contribution in [0.15, 0.2) is 28.7 Å². The van der Waals surface area contributed by atoms with Crippen LogP contribution in [0, 0.1) is 10.7 Å². The number of hydrogen-bond donors (Lipinski definition) is 1. The highest BCUT2D eigenvalue weighted by molar-refractivity contribution is 7.71. The number of rotatable bonds is 4. The maximum atomic E-state index is 13.0. The van der Waals surface area contributed by atoms with Crippen molar-refractivity contribution in [3.63, 3.8) is 0 Å². The largest absolute Gasteiger partial charge is 0.468 e. The Bertz CT molecular complexity index is 789. The average Bonchev–Trinajstić information content (AvgIpc) is 3.11. The van der Waals surface area contributed by atoms with E-state index in [1.54, 1.807) is 4.90 Å². The zero-order chi connectivity index (χ0) is 17.3. The molecule has 1 aromatic carbocycles. The topological polar surface area (TPSA) is 80.7 Å². The van der Waals surface area contributed by atoms with Gasteiger partial charge in [-0.15, -0.1) is 5.10 Å². The fourth-order valence-electron chi connectivity index (χ4n) is 2.69. The molecule has 0 spiro atoms. The maximum absolute atomic E-state index is 13.0. The van der Waals surface area contributed by atoms with Crippen molar-refractivity contribution in [1.29, 1.82) is 0 Å². The highest BCUT2D eigenvalue weighted by Gasteiger charge is 2.37. The van der Waals surface area contributed by atoms with E-state index in [0.717, 1.165) is 0 Å². The van der Waals surface area contributed by atoms with Gasteiger partial charge in [-0.3, -0.25) is 9.69 Å². The van der Waals surface area contributed by atoms with Gasteiger partial charge in [0.25, 0.3) is 4.84 Å². The minimum atomic E-state index is -0.619. The van der Waals surface area contributed by atoms with Gasteiger partial charge in [-0.2, -0.15) is 0 Å². The van der Waals surface area contributed by atoms with Gasteiger partial charge in [0.1, 0.15) is 11.9 Å². The first kappa shape index (κ1) is 16.7. The van der Waals surface area contributed by atoms with Gasteiger partial charge in [-0.1, -0.05) is 0 Å². The van der Waals surface area contributed by atoms with Crippen molar-refractivity contribution in [2.24, 2.45) is 0 Å². The van der Waals surface area contributed by atoms with Crippen LogP contribution in [-0.4, -0.2) is 51.6 Å². The van der Waals surface area contributed by atoms with Crippen LogP contribution in [0.1, 0.15) is 6.42 Å². The van der Waals surface area contributed by atoms with Crippen molar-refractivity contribution in [3.05, 3.63) is 34.9 Å². The molecule has 9 heteroatoms. The van der Waals surface area contributed by atoms with Crippen molar-refractivity contribution in [2.45, 2.75) is 25.2 Å². The Hall–Kier alpha value is -2.10. The second-order valence-electron chi connectivity index (χ2n) is 5.52. The fraction of sp³-hybridized carbons (Fsp3) is 0.400. The van der Waals surface area contributed by atoms with E-state index >= 15 is 0 Å². The maximum Gasteiger partial charge on any atom is 0.323 e. The van der Waals surface area contributed by atoms with Gasteiger partial charge in [-0.05, 0) is 36.5 Å². The molecule has 2 atom stereocenters. The summed E-state index contributed by atoms with van der Waals surface area (Å²) in [7, 11) is 1.31. The second kappa shape index (κ2) is 6.80. The molecule has 1 aliphatic heterocycles. The lowest BCUT2D eigenvalue weighted by Gasteiger charge is -2.21. The highest BCUT2D eigenvalue weighted by Crippen LogP contribution is 2.22. The van der Waals surface area contributed by atoms with E-state index in [0.29, 0.717) is 18.5 Å². The van der Waals surface area contributed by atoms with Crippen LogP contribution in [0.4, 0.5) is 4.39 Å². The summed E-state index contributed by atoms with van der Waals surface area (Å²) in [6.45, 7) is 0.487. The SMILES string of the molecule is COC(=O)[C@@H]1C[C@@H](O)CN1Cn1nc(-c2ccc(F)cc2)oc1=S. The molecule has 2 aromatic rings. The lowest BCUT2D eigenvalue weighted by Crippen LogP contribution is -2.38. The number of likely N-dealkylation sites (tertiary alicyclic amines) is 1. The van der Waals surface area contributed by atoms with Gasteiger partial charge in [-0.25, -0.2) is 9.07 Å². The minimum Gasteiger partial charge on any atom is -0.468 e. The van der Waals surface area contributed by atoms with Gasteiger partial charge in [0.15, 0.2) is 0 Å². The number of halogens is 1. The van der Waals surface area contributed by atoms with Crippen molar-refractivity contribution < 1.29 is 23.4 Å². The van der Waals surface area contributed by atoms with E-state index in [1.807, 2.05) is 0 Å². The molecule has 0 bridgehead atoms. The van der Waals surface area contributed by atoms with Gasteiger partial charge >= 0.3 is 5.97 Å². The molecule has 0 amide bonds. The Morgan fingerprint density at radius 1 is 1.50 bits per heavy atom. The summed E-state index contributed by atoms with van der Waals surface area (Å²) < 4.78 is 24.6. The van der Waals surface area contributed by atoms with E-state index in [2.05, 4.69) is 5.10 Å². The first-order valence-electron chi connectivity index (χ1n) is 7.31. The van der Waals surface area contributed by atoms with E-state index in [-0.39, 0.29) is 23.2 Å². The predicted molar refractivity (Wildman–Crippen MR) is 83.9 cm³/mol. The normalized spacial score (nSPS) is 21.1. The van der Waals surface area contributed by atoms with Gasteiger partial charge in [0.05, 0.1) is 19.9 Å². The van der Waals surface area contributed by atoms with Crippen LogP contribution in [-0.2, 0) is 16.2 Å². The molecule has 24 heavy (non-hydrogen) atoms. The first-order valence-corrected chi connectivity index (χ1v) is 7.72. The fourth-order valence-corrected chi connectivity index (χ4v) is 2.87. The Labute approximate surface area is 142 Å². The number of aliphatic hydroxyl groups is 1. The van der Waals surface area contributed by atoms with Crippen molar-refractivity contribution in [2.75, 3.05) is 13.7 Å². The molecule has 1 saturated heterocycles. The lowest BCUT2D eigenvalue weighted by molar-refractivity contribution is -0.146. The molecule has 1 aliphatic rings. The van der Waals surface area contributed by atoms with E-state index < -0.39 is 18.1 Å². The quantitative estimate of drug-likeness (QED) is 0.660. The van der Waals surface area contributed by atoms with Gasteiger partial charge in [0.2, 0.25) is 5.89 Å². The number of carbonyl (C=O) groups excluding carboxylic acids is 1. The molecule has 2 heterocycles. The summed E-state index contributed by atoms with van der Waals surface area (Å²) in [5, 5.41) is 14.1. The third-order valence-electron chi connectivity index (χ3n) is 3.87. The Balaban J connectivity index is 1.81. The predicted octanol–water partition coefficient (Wildman–Crippen LogP) is 1.58. The molecule has 0 saturated carbocycles. The summed E-state index contributed by atoms with van der Waals surface area (Å²) >= 11 is 5.15. The molecular formula is C15H16FN3O4S. The van der Waals surface area contributed by atoms with Gasteiger partial charge in [0, 0.05) is 18.5 Å². The summed E-state index contributed by atoms with van der Waals surface area (Å²) in [5.41, 5.74) is 0.590. The molecule has 7 nitrogen and oxygen atoms in total. The second-order valence-corrected chi connectivity index (χ2v) is 5.87. The van der Waals surface area contributed by atoms with Crippen LogP contribution in [0.25, 0.3) is 11.5 Å². The smallest absolute Gasteiger partial charge is 0.323 e. The number of esters is 1. The van der Waals surface area contributed by atoms with Gasteiger partial charge < -0.3 is 14.3 Å². The molecule has 3 rings (SSSR count). The summed E-state index contributed by atoms with van der Waals surface area (Å²) in [5.74, 6) is -0.515. The number of hydrogen-bond acceptors (Lipinski definition) is 7. The first-order chi connectivity index (χ1) is 11.5. The number of carbonyl (C=O) groups is 1. The highest BCUT2D eigenvalue weighted by atomic mass is 32.1. The number of ether oxygens (including phenoxy) is 1. The molecule has 0 radical (unpaired) electrons. The number of aliphatic hydroxyl groups excluding tert-OH is 1. The summed E-state index contributed by atoms with van der Waals surface area (Å²) in [6, 6.07) is 5.13. The van der Waals surface area contributed by atoms with Crippen molar-refractivity contribution >= 4 is 18.2 Å². The molecule has 1 N–H and O–H groups in total. The molecule has 1 fully saturated rings. The van der Waals surface area contributed by atoms with Crippen molar-refractivity contribution in [3.8, 4) is 11.5 Å². The van der Waals surface area contributed by atoms with Crippen molar-refractivity contribution in [1.82, 2.24) is 14.7 Å². The molecule has 0 unspecified atom stereocenters. The van der Waals surface area contributed by atoms with Crippen LogP contribution >= 0.6 is 12.2 Å². The third-order valence-corrected chi connectivity index (χ3v) is 4.16. The van der Waals surface area contributed by atoms with Crippen LogP contribution in [0.2, 0.25) is 0 Å². The molecule has 128 valence electrons. The number of β-amino-alcohol motifs (C(OH)–C–C–N with tert-alkyl or cyclic N) is 1. The summed E-state index contributed by atoms with van der Waals surface area (Å²) in [4.78, 5) is 13.7. The number of benzene rings is 1. The Kier molecular flexibility index (Phi) is 4.74. The number of methoxy groups -OCH3 is 1. The average molecular weight is 353 g/mol. The molecular weight excluding hydrogens is 337 g/mol. The molecule has 1 aromatic heterocycles. The molecule has 0 aliphatic carbocycles. The zero-order valence-corrected chi connectivity index (χ0v) is 13.7. The lowest BCUT2D eigenvalue weighted by atomic mass is 10.2. The minimum absolute atomic E-state index is 0.124. The van der Waals surface area contributed by atoms with E-state index in [4.69, 9.17) is 21.4 Å². The Morgan fingerprint density at radius 2 is 2.21 bits per heavy atom. The monoisotopic (exact) mass is 353 g/mol. The van der Waals surface area contributed by atoms with Crippen LogP contribution < -0.4 is 0 Å². The van der Waals surface area contributed by atoms with E-state index in [1.165, 1.54) is 36.1 Å². The third kappa shape index (κ3) is 3.37. The Morgan fingerprint density at radius 3 is 2.88 bits per heavy atom. The zero-order valence-electron chi connectivity index (χ0n) is 12.9. The summed E-state index contributed by atoms with van der Waals surface area (Å²) in [6.07, 6.45) is -0.324. The number of aromatic nitrogens is 2. The van der Waals surface area contributed by atoms with Crippen LogP contribution in [0.5, 0.6) is 0 Å². The standard InChI is InChI=1S/C15H16FN3O4S/c1-22-14(21)12-6-11(20)7-18(12)8-19-15(24)23-13(17-19)9-2-4-10(16)5-3-9/h2-5,11-12,20H,6-8H2,1H3/t11-,12+/m1/s1. The number of nitrogens with zero attached hydrogens (tertiary/aromatic N) is 3.